The van der Waals surface area contributed by atoms with E-state index in [1.807, 2.05) is 0 Å². The number of nitrogens with one attached hydrogen (secondary N) is 2. The molecule has 0 radical (unpaired) electrons. The lowest BCUT2D eigenvalue weighted by Crippen LogP contribution is -2.51. The highest BCUT2D eigenvalue weighted by Gasteiger charge is 2.45. The number of hydrogen-bond acceptors (Lipinski definition) is 7. The summed E-state index contributed by atoms with van der Waals surface area (Å²) in [6, 6.07) is 6.52. The van der Waals surface area contributed by atoms with Gasteiger partial charge in [0.2, 0.25) is 0 Å². The van der Waals surface area contributed by atoms with Crippen LogP contribution in [0.15, 0.2) is 30.3 Å². The molecule has 0 heterocycles. The fourth-order valence-electron chi connectivity index (χ4n) is 2.44. The molecule has 1 aromatic carbocycles. The van der Waals surface area contributed by atoms with Crippen LogP contribution < -0.4 is 11.1 Å². The zero-order valence-electron chi connectivity index (χ0n) is 16.1. The van der Waals surface area contributed by atoms with Crippen molar-refractivity contribution in [3.63, 3.8) is 0 Å². The van der Waals surface area contributed by atoms with E-state index in [1.165, 1.54) is 0 Å². The maximum atomic E-state index is 12.6. The zero-order chi connectivity index (χ0) is 22.9. The van der Waals surface area contributed by atoms with E-state index in [9.17, 15) is 34.1 Å². The molecule has 0 aliphatic rings. The number of Topliss-reactive ketones (excluding diaryl/α,β-unsaturated/α-hetero) is 1. The van der Waals surface area contributed by atoms with Crippen LogP contribution in [0.25, 0.3) is 0 Å². The van der Waals surface area contributed by atoms with E-state index in [1.54, 1.807) is 30.3 Å². The normalized spacial score (nSPS) is 13.0. The monoisotopic (exact) mass is 445 g/mol. The second-order valence-corrected chi connectivity index (χ2v) is 8.24. The van der Waals surface area contributed by atoms with Gasteiger partial charge in [0.25, 0.3) is 0 Å². The molecule has 0 saturated heterocycles. The number of carbonyl (C=O) groups excluding carboxylic acids is 2. The molecule has 1 rings (SSSR count). The van der Waals surface area contributed by atoms with Gasteiger partial charge in [-0.25, -0.2) is 14.9 Å². The third-order valence-electron chi connectivity index (χ3n) is 4.08. The van der Waals surface area contributed by atoms with Crippen molar-refractivity contribution < 1.29 is 33.7 Å². The SMILES string of the molecule is C[C@H](C(=O)[C@H](CCCNC(=N)N)N(C(=O)OCc1ccccc1)[N+](=O)[O-])P(=O)(O)O. The molecule has 166 valence electrons. The van der Waals surface area contributed by atoms with Crippen molar-refractivity contribution in [3.8, 4) is 0 Å². The predicted molar refractivity (Wildman–Crippen MR) is 105 cm³/mol. The largest absolute Gasteiger partial charge is 0.469 e. The number of amides is 1. The molecule has 0 spiro atoms. The fourth-order valence-corrected chi connectivity index (χ4v) is 2.94. The zero-order valence-corrected chi connectivity index (χ0v) is 17.0. The van der Waals surface area contributed by atoms with Gasteiger partial charge in [-0.15, -0.1) is 0 Å². The highest BCUT2D eigenvalue weighted by molar-refractivity contribution is 7.53. The van der Waals surface area contributed by atoms with Gasteiger partial charge >= 0.3 is 13.7 Å². The number of ketones is 1. The Morgan fingerprint density at radius 1 is 1.37 bits per heavy atom. The van der Waals surface area contributed by atoms with E-state index in [-0.39, 0.29) is 37.0 Å². The van der Waals surface area contributed by atoms with Crippen LogP contribution in [0.5, 0.6) is 0 Å². The highest BCUT2D eigenvalue weighted by atomic mass is 31.2. The molecule has 0 fully saturated rings. The van der Waals surface area contributed by atoms with Gasteiger partial charge in [-0.2, -0.15) is 0 Å². The molecular weight excluding hydrogens is 421 g/mol. The summed E-state index contributed by atoms with van der Waals surface area (Å²) in [7, 11) is -4.91. The lowest BCUT2D eigenvalue weighted by molar-refractivity contribution is -0.640. The number of guanidine groups is 1. The topological polar surface area (TPSA) is 209 Å². The van der Waals surface area contributed by atoms with E-state index >= 15 is 0 Å². The average molecular weight is 445 g/mol. The number of carbonyl (C=O) groups is 2. The summed E-state index contributed by atoms with van der Waals surface area (Å²) >= 11 is 0. The lowest BCUT2D eigenvalue weighted by Gasteiger charge is -2.24. The maximum Gasteiger partial charge on any atom is 0.469 e. The minimum Gasteiger partial charge on any atom is -0.441 e. The molecule has 0 bridgehead atoms. The molecule has 0 aromatic heterocycles. The second-order valence-electron chi connectivity index (χ2n) is 6.29. The molecule has 30 heavy (non-hydrogen) atoms. The predicted octanol–water partition coefficient (Wildman–Crippen LogP) is 0.584. The number of hydrazine groups is 1. The molecule has 0 saturated carbocycles. The number of nitrogens with two attached hydrogens (primary N) is 1. The van der Waals surface area contributed by atoms with Crippen LogP contribution in [0, 0.1) is 15.5 Å². The molecule has 1 aromatic rings. The first-order valence-corrected chi connectivity index (χ1v) is 10.4. The molecule has 13 nitrogen and oxygen atoms in total. The van der Waals surface area contributed by atoms with Crippen LogP contribution in [0.2, 0.25) is 0 Å². The molecular formula is C16H24N5O8P. The van der Waals surface area contributed by atoms with Crippen LogP contribution in [-0.2, 0) is 20.7 Å². The third-order valence-corrected chi connectivity index (χ3v) is 5.34. The molecule has 6 N–H and O–H groups in total. The van der Waals surface area contributed by atoms with Crippen molar-refractivity contribution in [3.05, 3.63) is 46.0 Å². The van der Waals surface area contributed by atoms with E-state index in [0.29, 0.717) is 5.56 Å². The van der Waals surface area contributed by atoms with Gasteiger partial charge in [0.1, 0.15) is 12.3 Å². The third kappa shape index (κ3) is 7.78. The van der Waals surface area contributed by atoms with E-state index < -0.39 is 36.2 Å². The first-order chi connectivity index (χ1) is 13.9. The Kier molecular flexibility index (Phi) is 9.37. The number of hydrogen-bond donors (Lipinski definition) is 5. The van der Waals surface area contributed by atoms with Gasteiger partial charge in [-0.1, -0.05) is 30.3 Å². The van der Waals surface area contributed by atoms with Crippen LogP contribution in [0.1, 0.15) is 25.3 Å². The van der Waals surface area contributed by atoms with Gasteiger partial charge in [0, 0.05) is 6.54 Å². The van der Waals surface area contributed by atoms with Crippen molar-refractivity contribution >= 4 is 25.4 Å². The van der Waals surface area contributed by atoms with E-state index in [0.717, 1.165) is 6.92 Å². The van der Waals surface area contributed by atoms with E-state index in [2.05, 4.69) is 5.32 Å². The first-order valence-electron chi connectivity index (χ1n) is 8.76. The van der Waals surface area contributed by atoms with Gasteiger partial charge < -0.3 is 25.6 Å². The average Bonchev–Trinajstić information content (AvgIpc) is 2.66. The molecule has 0 aliphatic heterocycles. The molecule has 0 aliphatic carbocycles. The van der Waals surface area contributed by atoms with Gasteiger partial charge in [0.15, 0.2) is 22.8 Å². The number of ether oxygens (including phenoxy) is 1. The van der Waals surface area contributed by atoms with Gasteiger partial charge in [-0.05, 0) is 30.3 Å². The van der Waals surface area contributed by atoms with Crippen molar-refractivity contribution in [2.45, 2.75) is 38.1 Å². The van der Waals surface area contributed by atoms with Gasteiger partial charge in [-0.3, -0.25) is 14.8 Å². The van der Waals surface area contributed by atoms with Crippen LogP contribution in [-0.4, -0.2) is 55.9 Å². The Morgan fingerprint density at radius 2 is 1.97 bits per heavy atom. The summed E-state index contributed by atoms with van der Waals surface area (Å²) < 4.78 is 16.4. The Hall–Kier alpha value is -3.02. The summed E-state index contributed by atoms with van der Waals surface area (Å²) in [4.78, 5) is 55.1. The standard InChI is InChI=1S/C16H24N5O8P/c1-11(30(26,27)28)14(22)13(8-5-9-19-15(17)18)20(21(24)25)16(23)29-10-12-6-3-2-4-7-12/h2-4,6-7,11,13H,5,8-10H2,1H3,(H4,17,18,19)(H2,26,27,28)/t11-,13+/m1/s1. The smallest absolute Gasteiger partial charge is 0.441 e. The second kappa shape index (κ2) is 11.2. The molecule has 2 atom stereocenters. The van der Waals surface area contributed by atoms with Crippen molar-refractivity contribution in [2.75, 3.05) is 6.54 Å². The van der Waals surface area contributed by atoms with E-state index in [4.69, 9.17) is 15.9 Å². The van der Waals surface area contributed by atoms with Crippen molar-refractivity contribution in [1.82, 2.24) is 10.3 Å². The number of rotatable bonds is 11. The summed E-state index contributed by atoms with van der Waals surface area (Å²) in [6.45, 7) is 0.677. The summed E-state index contributed by atoms with van der Waals surface area (Å²) in [5, 5.41) is 19.8. The fraction of sp³-hybridized carbons (Fsp3) is 0.438. The van der Waals surface area contributed by atoms with Crippen molar-refractivity contribution in [1.29, 1.82) is 5.41 Å². The number of nitrogens with zero attached hydrogens (tertiary/aromatic N) is 2. The number of nitro groups is 1. The Bertz CT molecular complexity index is 815. The van der Waals surface area contributed by atoms with Crippen LogP contribution in [0.4, 0.5) is 4.79 Å². The minimum atomic E-state index is -4.91. The first kappa shape index (κ1) is 25.0. The Labute approximate surface area is 172 Å². The number of benzene rings is 1. The molecule has 0 unspecified atom stereocenters. The Morgan fingerprint density at radius 3 is 2.47 bits per heavy atom. The van der Waals surface area contributed by atoms with Crippen LogP contribution in [0.3, 0.4) is 0 Å². The lowest BCUT2D eigenvalue weighted by atomic mass is 10.0. The molecule has 14 heteroatoms. The maximum absolute atomic E-state index is 12.6. The van der Waals surface area contributed by atoms with Crippen LogP contribution >= 0.6 is 7.60 Å². The summed E-state index contributed by atoms with van der Waals surface area (Å²) in [6.07, 6.45) is -1.72. The summed E-state index contributed by atoms with van der Waals surface area (Å²) in [5.41, 5.74) is 3.81. The molecule has 1 amide bonds. The van der Waals surface area contributed by atoms with Gasteiger partial charge in [0.05, 0.1) is 0 Å². The quantitative estimate of drug-likeness (QED) is 0.0798. The Balaban J connectivity index is 3.04. The summed E-state index contributed by atoms with van der Waals surface area (Å²) in [5.74, 6) is -1.55. The van der Waals surface area contributed by atoms with Crippen molar-refractivity contribution in [2.24, 2.45) is 5.73 Å². The minimum absolute atomic E-state index is 0.0418. The highest BCUT2D eigenvalue weighted by Crippen LogP contribution is 2.42.